The number of nitrogens with one attached hydrogen (secondary N) is 1. The van der Waals surface area contributed by atoms with Crippen LogP contribution in [0.15, 0.2) is 42.6 Å². The lowest BCUT2D eigenvalue weighted by Crippen LogP contribution is -2.31. The summed E-state index contributed by atoms with van der Waals surface area (Å²) in [5, 5.41) is 2.57. The third-order valence-electron chi connectivity index (χ3n) is 5.75. The molecule has 1 fully saturated rings. The van der Waals surface area contributed by atoms with Crippen molar-refractivity contribution < 1.29 is 22.4 Å². The van der Waals surface area contributed by atoms with E-state index in [0.717, 1.165) is 31.4 Å². The van der Waals surface area contributed by atoms with Gasteiger partial charge in [0, 0.05) is 25.2 Å². The van der Waals surface area contributed by atoms with Gasteiger partial charge in [-0.05, 0) is 42.0 Å². The van der Waals surface area contributed by atoms with E-state index >= 15 is 0 Å². The second-order valence-electron chi connectivity index (χ2n) is 8.25. The zero-order valence-corrected chi connectivity index (χ0v) is 16.4. The quantitative estimate of drug-likeness (QED) is 0.535. The molecule has 4 nitrogen and oxygen atoms in total. The number of benzene rings is 1. The number of hydrogen-bond donors (Lipinski definition) is 1. The second kappa shape index (κ2) is 7.41. The molecule has 0 atom stereocenters. The first-order valence-electron chi connectivity index (χ1n) is 9.74. The highest BCUT2D eigenvalue weighted by Crippen LogP contribution is 2.43. The van der Waals surface area contributed by atoms with E-state index in [4.69, 9.17) is 0 Å². The van der Waals surface area contributed by atoms with Crippen molar-refractivity contribution in [2.75, 3.05) is 5.32 Å². The molecule has 1 amide bonds. The molecule has 2 heterocycles. The lowest BCUT2D eigenvalue weighted by atomic mass is 9.68. The van der Waals surface area contributed by atoms with E-state index in [1.807, 2.05) is 6.92 Å². The summed E-state index contributed by atoms with van der Waals surface area (Å²) in [4.78, 5) is 16.5. The molecule has 0 unspecified atom stereocenters. The fourth-order valence-corrected chi connectivity index (χ4v) is 3.83. The number of rotatable bonds is 5. The molecule has 30 heavy (non-hydrogen) atoms. The van der Waals surface area contributed by atoms with Crippen LogP contribution in [0.1, 0.15) is 43.7 Å². The first kappa shape index (κ1) is 20.4. The minimum Gasteiger partial charge on any atom is -0.342 e. The maximum absolute atomic E-state index is 14.6. The van der Waals surface area contributed by atoms with Crippen molar-refractivity contribution in [1.82, 2.24) is 9.55 Å². The summed E-state index contributed by atoms with van der Waals surface area (Å²) in [5.74, 6) is -1.02. The predicted octanol–water partition coefficient (Wildman–Crippen LogP) is 5.76. The average molecular weight is 419 g/mol. The molecule has 1 N–H and O–H groups in total. The standard InChI is InChI=1S/C22H21F4N3O/c1-21(8-2-9-21)12-19(30)28-20-16(23)11-18-17(27-20)7-10-29(18)13-14-3-5-15(6-4-14)22(24,25)26/h3-7,10-11H,2,8-9,12-13H2,1H3,(H,27,28,30). The Balaban J connectivity index is 1.51. The zero-order valence-electron chi connectivity index (χ0n) is 16.4. The first-order valence-corrected chi connectivity index (χ1v) is 9.74. The molecule has 0 bridgehead atoms. The van der Waals surface area contributed by atoms with E-state index in [-0.39, 0.29) is 23.7 Å². The highest BCUT2D eigenvalue weighted by Gasteiger charge is 2.34. The second-order valence-corrected chi connectivity index (χ2v) is 8.25. The summed E-state index contributed by atoms with van der Waals surface area (Å²) in [6.07, 6.45) is 0.721. The Labute approximate surface area is 170 Å². The highest BCUT2D eigenvalue weighted by atomic mass is 19.4. The van der Waals surface area contributed by atoms with E-state index in [2.05, 4.69) is 10.3 Å². The van der Waals surface area contributed by atoms with E-state index in [1.165, 1.54) is 18.2 Å². The van der Waals surface area contributed by atoms with Gasteiger partial charge in [0.2, 0.25) is 5.91 Å². The Morgan fingerprint density at radius 1 is 1.20 bits per heavy atom. The van der Waals surface area contributed by atoms with Crippen LogP contribution in [0.25, 0.3) is 11.0 Å². The summed E-state index contributed by atoms with van der Waals surface area (Å²) < 4.78 is 54.4. The molecule has 0 aliphatic heterocycles. The average Bonchev–Trinajstić information content (AvgIpc) is 3.02. The van der Waals surface area contributed by atoms with Crippen LogP contribution < -0.4 is 5.32 Å². The molecule has 3 aromatic rings. The van der Waals surface area contributed by atoms with E-state index in [9.17, 15) is 22.4 Å². The predicted molar refractivity (Wildman–Crippen MR) is 105 cm³/mol. The van der Waals surface area contributed by atoms with Crippen LogP contribution in [0.4, 0.5) is 23.4 Å². The number of anilines is 1. The molecule has 0 radical (unpaired) electrons. The number of hydrogen-bond acceptors (Lipinski definition) is 2. The molecule has 0 saturated heterocycles. The Hall–Kier alpha value is -2.90. The summed E-state index contributed by atoms with van der Waals surface area (Å²) in [6.45, 7) is 2.32. The fraction of sp³-hybridized carbons (Fsp3) is 0.364. The number of alkyl halides is 3. The zero-order chi connectivity index (χ0) is 21.5. The normalized spacial score (nSPS) is 15.8. The van der Waals surface area contributed by atoms with Crippen LogP contribution in [0.2, 0.25) is 0 Å². The monoisotopic (exact) mass is 419 g/mol. The number of pyridine rings is 1. The van der Waals surface area contributed by atoms with Crippen LogP contribution in [0.5, 0.6) is 0 Å². The van der Waals surface area contributed by atoms with Crippen LogP contribution in [0, 0.1) is 11.2 Å². The van der Waals surface area contributed by atoms with E-state index in [0.29, 0.717) is 23.0 Å². The maximum Gasteiger partial charge on any atom is 0.416 e. The first-order chi connectivity index (χ1) is 14.1. The van der Waals surface area contributed by atoms with Gasteiger partial charge >= 0.3 is 6.18 Å². The lowest BCUT2D eigenvalue weighted by Gasteiger charge is -2.37. The van der Waals surface area contributed by atoms with E-state index < -0.39 is 17.6 Å². The van der Waals surface area contributed by atoms with Gasteiger partial charge in [-0.2, -0.15) is 13.2 Å². The Morgan fingerprint density at radius 3 is 2.50 bits per heavy atom. The molecule has 8 heteroatoms. The molecule has 4 rings (SSSR count). The summed E-state index contributed by atoms with van der Waals surface area (Å²) in [7, 11) is 0. The molecule has 2 aromatic heterocycles. The number of carbonyl (C=O) groups excluding carboxylic acids is 1. The molecule has 1 aliphatic carbocycles. The van der Waals surface area contributed by atoms with Crippen molar-refractivity contribution >= 4 is 22.8 Å². The minimum absolute atomic E-state index is 0.0182. The van der Waals surface area contributed by atoms with Crippen molar-refractivity contribution in [2.45, 2.75) is 45.3 Å². The smallest absolute Gasteiger partial charge is 0.342 e. The maximum atomic E-state index is 14.6. The number of fused-ring (bicyclic) bond motifs is 1. The van der Waals surface area contributed by atoms with Gasteiger partial charge in [-0.3, -0.25) is 4.79 Å². The third-order valence-corrected chi connectivity index (χ3v) is 5.75. The minimum atomic E-state index is -4.39. The topological polar surface area (TPSA) is 46.9 Å². The van der Waals surface area contributed by atoms with Crippen molar-refractivity contribution in [2.24, 2.45) is 5.41 Å². The van der Waals surface area contributed by atoms with Crippen LogP contribution in [-0.2, 0) is 17.5 Å². The summed E-state index contributed by atoms with van der Waals surface area (Å²) in [6, 6.07) is 7.81. The van der Waals surface area contributed by atoms with Crippen molar-refractivity contribution in [3.05, 3.63) is 59.5 Å². The van der Waals surface area contributed by atoms with Gasteiger partial charge in [0.25, 0.3) is 0 Å². The van der Waals surface area contributed by atoms with Gasteiger partial charge in [-0.25, -0.2) is 9.37 Å². The van der Waals surface area contributed by atoms with Crippen LogP contribution in [0.3, 0.4) is 0 Å². The fourth-order valence-electron chi connectivity index (χ4n) is 3.83. The van der Waals surface area contributed by atoms with Crippen LogP contribution >= 0.6 is 0 Å². The molecule has 158 valence electrons. The SMILES string of the molecule is CC1(CC(=O)Nc2nc3ccn(Cc4ccc(C(F)(F)F)cc4)c3cc2F)CCC1. The highest BCUT2D eigenvalue weighted by molar-refractivity contribution is 5.91. The van der Waals surface area contributed by atoms with Crippen molar-refractivity contribution in [3.63, 3.8) is 0 Å². The summed E-state index contributed by atoms with van der Waals surface area (Å²) in [5.41, 5.74) is 0.902. The van der Waals surface area contributed by atoms with Gasteiger partial charge in [0.15, 0.2) is 11.6 Å². The largest absolute Gasteiger partial charge is 0.416 e. The molecular weight excluding hydrogens is 398 g/mol. The lowest BCUT2D eigenvalue weighted by molar-refractivity contribution is -0.137. The number of aromatic nitrogens is 2. The number of nitrogens with zero attached hydrogens (tertiary/aromatic N) is 2. The number of carbonyl (C=O) groups is 1. The third kappa shape index (κ3) is 4.17. The van der Waals surface area contributed by atoms with E-state index in [1.54, 1.807) is 16.8 Å². The summed E-state index contributed by atoms with van der Waals surface area (Å²) >= 11 is 0. The van der Waals surface area contributed by atoms with Crippen molar-refractivity contribution in [1.29, 1.82) is 0 Å². The Bertz CT molecular complexity index is 1080. The molecule has 1 aromatic carbocycles. The molecule has 1 saturated carbocycles. The molecular formula is C22H21F4N3O. The van der Waals surface area contributed by atoms with Gasteiger partial charge in [0.1, 0.15) is 0 Å². The van der Waals surface area contributed by atoms with Gasteiger partial charge in [-0.15, -0.1) is 0 Å². The van der Waals surface area contributed by atoms with Crippen LogP contribution in [-0.4, -0.2) is 15.5 Å². The van der Waals surface area contributed by atoms with Crippen molar-refractivity contribution in [3.8, 4) is 0 Å². The van der Waals surface area contributed by atoms with Gasteiger partial charge < -0.3 is 9.88 Å². The van der Waals surface area contributed by atoms with Gasteiger partial charge in [-0.1, -0.05) is 25.5 Å². The Morgan fingerprint density at radius 2 is 1.90 bits per heavy atom. The molecule has 0 spiro atoms. The van der Waals surface area contributed by atoms with Gasteiger partial charge in [0.05, 0.1) is 16.6 Å². The number of amides is 1. The Kier molecular flexibility index (Phi) is 5.03. The molecule has 1 aliphatic rings. The number of halogens is 4.